The summed E-state index contributed by atoms with van der Waals surface area (Å²) in [6.45, 7) is 1.94. The summed E-state index contributed by atoms with van der Waals surface area (Å²) < 4.78 is 0.498. The van der Waals surface area contributed by atoms with Crippen molar-refractivity contribution in [2.24, 2.45) is 0 Å². The van der Waals surface area contributed by atoms with Gasteiger partial charge >= 0.3 is 0 Å². The van der Waals surface area contributed by atoms with Crippen LogP contribution in [0, 0.1) is 0 Å². The molecule has 1 atom stereocenters. The zero-order valence-corrected chi connectivity index (χ0v) is 6.98. The molecule has 0 aromatic rings. The Balaban J connectivity index is 3.24. The van der Waals surface area contributed by atoms with Gasteiger partial charge in [-0.15, -0.1) is 24.2 Å². The Morgan fingerprint density at radius 1 is 2.00 bits per heavy atom. The lowest BCUT2D eigenvalue weighted by Crippen LogP contribution is -2.29. The summed E-state index contributed by atoms with van der Waals surface area (Å²) in [4.78, 5) is 0. The van der Waals surface area contributed by atoms with E-state index in [1.807, 2.05) is 6.92 Å². The lowest BCUT2D eigenvalue weighted by atomic mass is 10.4. The minimum Gasteiger partial charge on any atom is -0.368 e. The Morgan fingerprint density at radius 3 is 2.62 bits per heavy atom. The van der Waals surface area contributed by atoms with Crippen LogP contribution in [0.1, 0.15) is 6.92 Å². The Labute approximate surface area is 65.2 Å². The average Bonchev–Trinajstić information content (AvgIpc) is 1.65. The largest absolute Gasteiger partial charge is 0.368 e. The molecule has 0 fully saturated rings. The van der Waals surface area contributed by atoms with Gasteiger partial charge in [0.25, 0.3) is 0 Å². The van der Waals surface area contributed by atoms with Crippen molar-refractivity contribution in [3.05, 3.63) is 0 Å². The van der Waals surface area contributed by atoms with E-state index in [9.17, 15) is 0 Å². The first-order chi connectivity index (χ1) is 3.66. The summed E-state index contributed by atoms with van der Waals surface area (Å²) in [5, 5.41) is 2.86. The molecule has 0 saturated heterocycles. The number of rotatable bonds is 2. The highest BCUT2D eigenvalue weighted by molar-refractivity contribution is 8.11. The molecule has 0 bridgehead atoms. The minimum atomic E-state index is 0.224. The van der Waals surface area contributed by atoms with Crippen molar-refractivity contribution in [3.8, 4) is 0 Å². The van der Waals surface area contributed by atoms with Crippen molar-refractivity contribution in [2.45, 2.75) is 13.0 Å². The van der Waals surface area contributed by atoms with Crippen LogP contribution in [0.5, 0.6) is 0 Å². The second-order valence-electron chi connectivity index (χ2n) is 1.50. The highest BCUT2D eigenvalue weighted by Crippen LogP contribution is 1.87. The minimum absolute atomic E-state index is 0.224. The third kappa shape index (κ3) is 4.68. The van der Waals surface area contributed by atoms with Crippen molar-refractivity contribution in [2.75, 3.05) is 5.88 Å². The van der Waals surface area contributed by atoms with Gasteiger partial charge in [-0.25, -0.2) is 0 Å². The van der Waals surface area contributed by atoms with E-state index >= 15 is 0 Å². The lowest BCUT2D eigenvalue weighted by molar-refractivity contribution is 0.754. The Bertz CT molecular complexity index is 86.1. The van der Waals surface area contributed by atoms with Gasteiger partial charge in [-0.3, -0.25) is 0 Å². The van der Waals surface area contributed by atoms with E-state index in [0.717, 1.165) is 0 Å². The summed E-state index contributed by atoms with van der Waals surface area (Å²) in [5.74, 6) is 0.556. The van der Waals surface area contributed by atoms with Crippen LogP contribution in [0.3, 0.4) is 0 Å². The SMILES string of the molecule is CC(CCl)NC(=S)S. The number of halogens is 1. The van der Waals surface area contributed by atoms with Gasteiger partial charge in [-0.2, -0.15) is 0 Å². The molecule has 8 heavy (non-hydrogen) atoms. The maximum absolute atomic E-state index is 5.44. The first kappa shape index (κ1) is 8.53. The van der Waals surface area contributed by atoms with Crippen LogP contribution in [0.2, 0.25) is 0 Å². The van der Waals surface area contributed by atoms with Crippen molar-refractivity contribution in [1.29, 1.82) is 0 Å². The summed E-state index contributed by atoms with van der Waals surface area (Å²) in [5.41, 5.74) is 0. The molecule has 0 aliphatic carbocycles. The van der Waals surface area contributed by atoms with E-state index < -0.39 is 0 Å². The van der Waals surface area contributed by atoms with E-state index in [0.29, 0.717) is 10.2 Å². The number of hydrogen-bond donors (Lipinski definition) is 2. The van der Waals surface area contributed by atoms with Crippen LogP contribution < -0.4 is 5.32 Å². The number of hydrogen-bond acceptors (Lipinski definition) is 1. The van der Waals surface area contributed by atoms with Crippen molar-refractivity contribution >= 4 is 40.8 Å². The molecular weight excluding hydrogens is 162 g/mol. The van der Waals surface area contributed by atoms with E-state index in [1.165, 1.54) is 0 Å². The zero-order valence-electron chi connectivity index (χ0n) is 4.52. The van der Waals surface area contributed by atoms with E-state index in [4.69, 9.17) is 11.6 Å². The highest BCUT2D eigenvalue weighted by atomic mass is 35.5. The van der Waals surface area contributed by atoms with Crippen LogP contribution in [0.4, 0.5) is 0 Å². The van der Waals surface area contributed by atoms with Crippen LogP contribution in [0.15, 0.2) is 0 Å². The highest BCUT2D eigenvalue weighted by Gasteiger charge is 1.96. The fraction of sp³-hybridized carbons (Fsp3) is 0.750. The van der Waals surface area contributed by atoms with Gasteiger partial charge < -0.3 is 5.32 Å². The molecule has 0 aliphatic rings. The monoisotopic (exact) mass is 169 g/mol. The molecule has 48 valence electrons. The fourth-order valence-corrected chi connectivity index (χ4v) is 0.748. The molecule has 0 radical (unpaired) electrons. The molecule has 0 amide bonds. The van der Waals surface area contributed by atoms with Crippen LogP contribution in [0.25, 0.3) is 0 Å². The van der Waals surface area contributed by atoms with Gasteiger partial charge in [0.1, 0.15) is 4.32 Å². The maximum Gasteiger partial charge on any atom is 0.130 e. The molecule has 0 saturated carbocycles. The molecule has 0 rings (SSSR count). The number of thiocarbonyl (C=S) groups is 1. The molecule has 1 nitrogen and oxygen atoms in total. The smallest absolute Gasteiger partial charge is 0.130 e. The third-order valence-corrected chi connectivity index (χ3v) is 1.31. The van der Waals surface area contributed by atoms with Gasteiger partial charge in [0, 0.05) is 11.9 Å². The van der Waals surface area contributed by atoms with E-state index in [1.54, 1.807) is 0 Å². The van der Waals surface area contributed by atoms with Gasteiger partial charge in [-0.05, 0) is 6.92 Å². The maximum atomic E-state index is 5.44. The number of nitrogens with one attached hydrogen (secondary N) is 1. The summed E-state index contributed by atoms with van der Waals surface area (Å²) in [6.07, 6.45) is 0. The molecule has 4 heteroatoms. The third-order valence-electron chi connectivity index (χ3n) is 0.601. The van der Waals surface area contributed by atoms with Crippen LogP contribution >= 0.6 is 36.4 Å². The predicted octanol–water partition coefficient (Wildman–Crippen LogP) is 1.42. The second kappa shape index (κ2) is 4.41. The second-order valence-corrected chi connectivity index (χ2v) is 2.97. The van der Waals surface area contributed by atoms with Crippen molar-refractivity contribution in [1.82, 2.24) is 5.32 Å². The molecule has 1 unspecified atom stereocenters. The summed E-state index contributed by atoms with van der Waals surface area (Å²) in [7, 11) is 0. The Morgan fingerprint density at radius 2 is 2.50 bits per heavy atom. The van der Waals surface area contributed by atoms with Gasteiger partial charge in [0.15, 0.2) is 0 Å². The van der Waals surface area contributed by atoms with Crippen molar-refractivity contribution in [3.63, 3.8) is 0 Å². The molecular formula is C4H8ClNS2. The predicted molar refractivity (Wildman–Crippen MR) is 44.9 cm³/mol. The molecule has 0 aliphatic heterocycles. The standard InChI is InChI=1S/C4H8ClNS2/c1-3(2-5)6-4(7)8/h3H,2H2,1H3,(H2,6,7,8). The summed E-state index contributed by atoms with van der Waals surface area (Å²) >= 11 is 13.9. The van der Waals surface area contributed by atoms with E-state index in [2.05, 4.69) is 30.2 Å². The Hall–Kier alpha value is 0.530. The van der Waals surface area contributed by atoms with Crippen LogP contribution in [-0.4, -0.2) is 16.2 Å². The van der Waals surface area contributed by atoms with Gasteiger partial charge in [0.05, 0.1) is 0 Å². The fourth-order valence-electron chi connectivity index (χ4n) is 0.249. The molecule has 0 aromatic carbocycles. The summed E-state index contributed by atoms with van der Waals surface area (Å²) in [6, 6.07) is 0.224. The number of alkyl halides is 1. The molecule has 1 N–H and O–H groups in total. The van der Waals surface area contributed by atoms with Gasteiger partial charge in [-0.1, -0.05) is 12.2 Å². The van der Waals surface area contributed by atoms with Gasteiger partial charge in [0.2, 0.25) is 0 Å². The number of thiol groups is 1. The quantitative estimate of drug-likeness (QED) is 0.369. The Kier molecular flexibility index (Phi) is 4.71. The molecule has 0 aromatic heterocycles. The van der Waals surface area contributed by atoms with Crippen molar-refractivity contribution < 1.29 is 0 Å². The lowest BCUT2D eigenvalue weighted by Gasteiger charge is -2.07. The zero-order chi connectivity index (χ0) is 6.57. The van der Waals surface area contributed by atoms with Crippen LogP contribution in [-0.2, 0) is 0 Å². The normalized spacial score (nSPS) is 12.9. The van der Waals surface area contributed by atoms with E-state index in [-0.39, 0.29) is 6.04 Å². The first-order valence-electron chi connectivity index (χ1n) is 2.22. The molecule has 0 spiro atoms. The first-order valence-corrected chi connectivity index (χ1v) is 3.61. The topological polar surface area (TPSA) is 12.0 Å². The molecule has 0 heterocycles. The average molecular weight is 170 g/mol.